The van der Waals surface area contributed by atoms with E-state index in [9.17, 15) is 18.0 Å². The molecule has 0 aromatic heterocycles. The Balaban J connectivity index is 2.65. The molecule has 0 saturated heterocycles. The number of urea groups is 1. The molecule has 0 fully saturated rings. The maximum absolute atomic E-state index is 11.9. The largest absolute Gasteiger partial charge is 0.405 e. The van der Waals surface area contributed by atoms with E-state index in [0.29, 0.717) is 11.3 Å². The molecule has 100 valence electrons. The van der Waals surface area contributed by atoms with Crippen LogP contribution in [-0.2, 0) is 0 Å². The maximum Gasteiger partial charge on any atom is 0.405 e. The first kappa shape index (κ1) is 14.3. The number of carbonyl (C=O) groups excluding carboxylic acids is 1. The van der Waals surface area contributed by atoms with Crippen molar-refractivity contribution in [2.45, 2.75) is 19.1 Å². The van der Waals surface area contributed by atoms with Gasteiger partial charge in [0.25, 0.3) is 0 Å². The van der Waals surface area contributed by atoms with E-state index >= 15 is 0 Å². The Bertz CT molecular complexity index is 418. The number of rotatable bonds is 3. The fourth-order valence-corrected chi connectivity index (χ4v) is 1.35. The van der Waals surface area contributed by atoms with Crippen LogP contribution in [0.1, 0.15) is 18.5 Å². The monoisotopic (exact) mass is 261 g/mol. The predicted octanol–water partition coefficient (Wildman–Crippen LogP) is 2.39. The molecular formula is C11H14F3N3O. The van der Waals surface area contributed by atoms with E-state index in [2.05, 4.69) is 5.32 Å². The highest BCUT2D eigenvalue weighted by atomic mass is 19.4. The van der Waals surface area contributed by atoms with Crippen LogP contribution in [-0.4, -0.2) is 18.8 Å². The SMILES string of the molecule is CC(N)c1ccccc1NC(=O)NCC(F)(F)F. The zero-order valence-electron chi connectivity index (χ0n) is 9.71. The zero-order chi connectivity index (χ0) is 13.8. The lowest BCUT2D eigenvalue weighted by atomic mass is 10.1. The van der Waals surface area contributed by atoms with E-state index in [1.54, 1.807) is 36.5 Å². The van der Waals surface area contributed by atoms with Crippen LogP contribution in [0.3, 0.4) is 0 Å². The maximum atomic E-state index is 11.9. The molecule has 4 nitrogen and oxygen atoms in total. The lowest BCUT2D eigenvalue weighted by Gasteiger charge is -2.14. The quantitative estimate of drug-likeness (QED) is 0.782. The summed E-state index contributed by atoms with van der Waals surface area (Å²) in [4.78, 5) is 11.3. The molecule has 0 aliphatic heterocycles. The van der Waals surface area contributed by atoms with Gasteiger partial charge in [0.1, 0.15) is 6.54 Å². The highest BCUT2D eigenvalue weighted by Crippen LogP contribution is 2.20. The van der Waals surface area contributed by atoms with Crippen LogP contribution in [0.2, 0.25) is 0 Å². The zero-order valence-corrected chi connectivity index (χ0v) is 9.71. The van der Waals surface area contributed by atoms with Gasteiger partial charge in [-0.25, -0.2) is 4.79 Å². The van der Waals surface area contributed by atoms with Gasteiger partial charge in [-0.15, -0.1) is 0 Å². The minimum absolute atomic E-state index is 0.330. The molecule has 1 atom stereocenters. The number of alkyl halides is 3. The van der Waals surface area contributed by atoms with Crippen molar-refractivity contribution >= 4 is 11.7 Å². The van der Waals surface area contributed by atoms with Crippen LogP contribution < -0.4 is 16.4 Å². The van der Waals surface area contributed by atoms with E-state index in [1.807, 2.05) is 0 Å². The molecule has 0 spiro atoms. The predicted molar refractivity (Wildman–Crippen MR) is 62.1 cm³/mol. The van der Waals surface area contributed by atoms with Gasteiger partial charge < -0.3 is 16.4 Å². The normalized spacial score (nSPS) is 12.9. The third kappa shape index (κ3) is 4.62. The highest BCUT2D eigenvalue weighted by molar-refractivity contribution is 5.90. The fraction of sp³-hybridized carbons (Fsp3) is 0.364. The lowest BCUT2D eigenvalue weighted by Crippen LogP contribution is -2.36. The summed E-state index contributed by atoms with van der Waals surface area (Å²) < 4.78 is 35.7. The van der Waals surface area contributed by atoms with E-state index in [0.717, 1.165) is 0 Å². The Kier molecular flexibility index (Phi) is 4.55. The van der Waals surface area contributed by atoms with Gasteiger partial charge in [-0.05, 0) is 18.6 Å². The first-order chi connectivity index (χ1) is 8.29. The van der Waals surface area contributed by atoms with Gasteiger partial charge in [-0.3, -0.25) is 0 Å². The van der Waals surface area contributed by atoms with Crippen LogP contribution in [0.5, 0.6) is 0 Å². The second-order valence-corrected chi connectivity index (χ2v) is 3.80. The molecule has 1 aromatic rings. The molecule has 1 unspecified atom stereocenters. The number of nitrogens with two attached hydrogens (primary N) is 1. The Morgan fingerprint density at radius 2 is 2.00 bits per heavy atom. The molecule has 1 aromatic carbocycles. The number of para-hydroxylation sites is 1. The molecule has 0 bridgehead atoms. The number of hydrogen-bond acceptors (Lipinski definition) is 2. The van der Waals surface area contributed by atoms with E-state index in [-0.39, 0.29) is 6.04 Å². The molecule has 0 saturated carbocycles. The smallest absolute Gasteiger partial charge is 0.329 e. The van der Waals surface area contributed by atoms with Crippen molar-refractivity contribution in [2.75, 3.05) is 11.9 Å². The number of carbonyl (C=O) groups is 1. The van der Waals surface area contributed by atoms with E-state index < -0.39 is 18.8 Å². The molecule has 0 radical (unpaired) electrons. The summed E-state index contributed by atoms with van der Waals surface area (Å²) in [5.41, 5.74) is 6.73. The molecular weight excluding hydrogens is 247 g/mol. The topological polar surface area (TPSA) is 67.1 Å². The third-order valence-electron chi connectivity index (χ3n) is 2.15. The second-order valence-electron chi connectivity index (χ2n) is 3.80. The number of amides is 2. The van der Waals surface area contributed by atoms with Crippen LogP contribution in [0, 0.1) is 0 Å². The van der Waals surface area contributed by atoms with Crippen molar-refractivity contribution in [3.05, 3.63) is 29.8 Å². The standard InChI is InChI=1S/C11H14F3N3O/c1-7(15)8-4-2-3-5-9(8)17-10(18)16-6-11(12,13)14/h2-5,7H,6,15H2,1H3,(H2,16,17,18). The molecule has 2 amide bonds. The van der Waals surface area contributed by atoms with Crippen LogP contribution in [0.4, 0.5) is 23.7 Å². The van der Waals surface area contributed by atoms with Crippen LogP contribution in [0.25, 0.3) is 0 Å². The average molecular weight is 261 g/mol. The highest BCUT2D eigenvalue weighted by Gasteiger charge is 2.27. The van der Waals surface area contributed by atoms with Gasteiger partial charge in [0.05, 0.1) is 0 Å². The van der Waals surface area contributed by atoms with Crippen molar-refractivity contribution in [1.82, 2.24) is 5.32 Å². The third-order valence-corrected chi connectivity index (χ3v) is 2.15. The molecule has 0 aliphatic carbocycles. The summed E-state index contributed by atoms with van der Waals surface area (Å²) in [6.07, 6.45) is -4.43. The summed E-state index contributed by atoms with van der Waals surface area (Å²) in [7, 11) is 0. The Morgan fingerprint density at radius 3 is 2.56 bits per heavy atom. The summed E-state index contributed by atoms with van der Waals surface area (Å²) in [5, 5.41) is 4.06. The van der Waals surface area contributed by atoms with E-state index in [4.69, 9.17) is 5.73 Å². The van der Waals surface area contributed by atoms with Gasteiger partial charge in [0, 0.05) is 11.7 Å². The minimum atomic E-state index is -4.43. The summed E-state index contributed by atoms with van der Waals surface area (Å²) >= 11 is 0. The number of benzene rings is 1. The first-order valence-electron chi connectivity index (χ1n) is 5.25. The first-order valence-corrected chi connectivity index (χ1v) is 5.25. The van der Waals surface area contributed by atoms with Crippen molar-refractivity contribution in [3.63, 3.8) is 0 Å². The van der Waals surface area contributed by atoms with Crippen molar-refractivity contribution in [3.8, 4) is 0 Å². The summed E-state index contributed by atoms with van der Waals surface area (Å²) in [5.74, 6) is 0. The molecule has 0 aliphatic rings. The molecule has 18 heavy (non-hydrogen) atoms. The molecule has 4 N–H and O–H groups in total. The Morgan fingerprint density at radius 1 is 1.39 bits per heavy atom. The second kappa shape index (κ2) is 5.72. The van der Waals surface area contributed by atoms with Crippen molar-refractivity contribution in [1.29, 1.82) is 0 Å². The summed E-state index contributed by atoms with van der Waals surface area (Å²) in [6, 6.07) is 5.42. The van der Waals surface area contributed by atoms with Gasteiger partial charge in [0.15, 0.2) is 0 Å². The number of anilines is 1. The Hall–Kier alpha value is -1.76. The molecule has 1 rings (SSSR count). The number of halogens is 3. The van der Waals surface area contributed by atoms with Gasteiger partial charge in [0.2, 0.25) is 0 Å². The summed E-state index contributed by atoms with van der Waals surface area (Å²) in [6.45, 7) is 0.341. The number of nitrogens with one attached hydrogen (secondary N) is 2. The number of hydrogen-bond donors (Lipinski definition) is 3. The van der Waals surface area contributed by atoms with Crippen LogP contribution in [0.15, 0.2) is 24.3 Å². The van der Waals surface area contributed by atoms with Gasteiger partial charge in [-0.1, -0.05) is 18.2 Å². The fourth-order valence-electron chi connectivity index (χ4n) is 1.35. The van der Waals surface area contributed by atoms with Crippen LogP contribution >= 0.6 is 0 Å². The van der Waals surface area contributed by atoms with Crippen molar-refractivity contribution < 1.29 is 18.0 Å². The minimum Gasteiger partial charge on any atom is -0.329 e. The molecule has 7 heteroatoms. The Labute approximate surface area is 102 Å². The van der Waals surface area contributed by atoms with E-state index in [1.165, 1.54) is 0 Å². The van der Waals surface area contributed by atoms with Gasteiger partial charge >= 0.3 is 12.2 Å². The average Bonchev–Trinajstić information content (AvgIpc) is 2.26. The molecule has 0 heterocycles. The lowest BCUT2D eigenvalue weighted by molar-refractivity contribution is -0.122. The van der Waals surface area contributed by atoms with Gasteiger partial charge in [-0.2, -0.15) is 13.2 Å². The van der Waals surface area contributed by atoms with Crippen molar-refractivity contribution in [2.24, 2.45) is 5.73 Å².